The summed E-state index contributed by atoms with van der Waals surface area (Å²) in [6.45, 7) is 1.62. The van der Waals surface area contributed by atoms with E-state index < -0.39 is 200 Å². The van der Waals surface area contributed by atoms with Crippen LogP contribution in [0.1, 0.15) is 17.3 Å². The molecular formula is C41H49F15N8O2S. The second kappa shape index (κ2) is 18.1. The number of ether oxygens (including phenoxy) is 1. The van der Waals surface area contributed by atoms with Crippen molar-refractivity contribution >= 4 is 17.7 Å². The molecule has 8 bridgehead atoms. The maximum absolute atomic E-state index is 16.7. The summed E-state index contributed by atoms with van der Waals surface area (Å²) in [4.78, 5) is 12.6. The third-order valence-corrected chi connectivity index (χ3v) is 17.4. The van der Waals surface area contributed by atoms with Crippen LogP contribution in [0.15, 0.2) is 29.2 Å². The van der Waals surface area contributed by atoms with Crippen LogP contribution >= 0.6 is 11.8 Å². The molecule has 8 N–H and O–H groups in total. The maximum atomic E-state index is 16.7. The van der Waals surface area contributed by atoms with Gasteiger partial charge in [-0.15, -0.1) is 11.8 Å². The summed E-state index contributed by atoms with van der Waals surface area (Å²) in [5.41, 5.74) is 0.0948. The van der Waals surface area contributed by atoms with Crippen molar-refractivity contribution in [1.29, 1.82) is 0 Å². The van der Waals surface area contributed by atoms with E-state index in [9.17, 15) is 4.79 Å². The number of alkyl halides is 15. The highest BCUT2D eigenvalue weighted by molar-refractivity contribution is 8.00. The highest BCUT2D eigenvalue weighted by atomic mass is 32.2. The number of fused-ring (bicyclic) bond motifs is 20. The molecule has 5 heterocycles. The van der Waals surface area contributed by atoms with E-state index in [4.69, 9.17) is 4.74 Å². The number of carbonyl (C=O) groups is 1. The Hall–Kier alpha value is -2.33. The van der Waals surface area contributed by atoms with Crippen molar-refractivity contribution in [2.24, 2.45) is 47.3 Å². The number of esters is 1. The molecule has 5 saturated heterocycles. The second-order valence-electron chi connectivity index (χ2n) is 19.3. The molecule has 4 saturated carbocycles. The molecule has 0 radical (unpaired) electrons. The first-order chi connectivity index (χ1) is 31.8. The third kappa shape index (κ3) is 7.59. The first-order valence-corrected chi connectivity index (χ1v) is 23.4. The summed E-state index contributed by atoms with van der Waals surface area (Å²) in [7, 11) is 0. The van der Waals surface area contributed by atoms with Gasteiger partial charge >= 0.3 is 5.97 Å². The van der Waals surface area contributed by atoms with Gasteiger partial charge in [0.2, 0.25) is 0 Å². The van der Waals surface area contributed by atoms with Gasteiger partial charge in [-0.1, -0.05) is 0 Å². The van der Waals surface area contributed by atoms with Crippen molar-refractivity contribution in [1.82, 2.24) is 42.5 Å². The minimum absolute atomic E-state index is 0.0453. The van der Waals surface area contributed by atoms with Crippen LogP contribution in [-0.2, 0) is 4.74 Å². The van der Waals surface area contributed by atoms with Crippen LogP contribution in [-0.4, -0.2) is 160 Å². The third-order valence-electron chi connectivity index (χ3n) is 16.0. The van der Waals surface area contributed by atoms with E-state index in [1.807, 2.05) is 0 Å². The normalized spacial score (nSPS) is 57.0. The van der Waals surface area contributed by atoms with E-state index >= 15 is 65.9 Å². The molecule has 0 spiro atoms. The lowest BCUT2D eigenvalue weighted by Crippen LogP contribution is -2.62. The fraction of sp³-hybridized carbons (Fsp3) is 0.829. The van der Waals surface area contributed by atoms with Crippen LogP contribution in [0.4, 0.5) is 65.9 Å². The number of hydrogen-bond donors (Lipinski definition) is 8. The Morgan fingerprint density at radius 2 is 0.627 bits per heavy atom. The molecule has 4 aliphatic carbocycles. The van der Waals surface area contributed by atoms with Crippen LogP contribution in [0, 0.1) is 47.3 Å². The largest absolute Gasteiger partial charge is 0.462 e. The van der Waals surface area contributed by atoms with Crippen molar-refractivity contribution in [3.8, 4) is 0 Å². The Balaban J connectivity index is 1.07. The molecule has 26 heteroatoms. The van der Waals surface area contributed by atoms with Gasteiger partial charge < -0.3 is 4.74 Å². The average Bonchev–Trinajstić information content (AvgIpc) is 4.06. The topological polar surface area (TPSA) is 123 Å². The zero-order valence-corrected chi connectivity index (χ0v) is 35.7. The van der Waals surface area contributed by atoms with E-state index in [2.05, 4.69) is 42.5 Å². The Bertz CT molecular complexity index is 1960. The monoisotopic (exact) mass is 1000 g/mol. The van der Waals surface area contributed by atoms with Gasteiger partial charge in [0, 0.05) is 57.5 Å². The summed E-state index contributed by atoms with van der Waals surface area (Å²) in [5, 5.41) is 20.7. The van der Waals surface area contributed by atoms with Crippen molar-refractivity contribution in [3.63, 3.8) is 0 Å². The molecule has 67 heavy (non-hydrogen) atoms. The molecule has 32 atom stereocenters. The number of rotatable bonds is 4. The maximum Gasteiger partial charge on any atom is 0.338 e. The lowest BCUT2D eigenvalue weighted by Gasteiger charge is -2.44. The fourth-order valence-corrected chi connectivity index (χ4v) is 14.3. The predicted molar refractivity (Wildman–Crippen MR) is 209 cm³/mol. The number of halogens is 15. The molecule has 10 rings (SSSR count). The lowest BCUT2D eigenvalue weighted by atomic mass is 9.72. The van der Waals surface area contributed by atoms with Gasteiger partial charge in [0.1, 0.15) is 49.4 Å². The standard InChI is InChI=1S/C41H49F15N8O2S/c1-2-66-41(65)7-3-5-8(6-4-7)67-32-16-15(23(48)30(55)31(32)56)39-62-37-12-11(19(44)26(51)27(52)20(12)45)35(60-37)58-33-9-10(18(43)25(50)24(49)17(9)42)34(57-33)59-36-13-14(38(61-36)63-40(16)64-39)22(47)29(54)28(53)21(13)46/h3-6,9-40,57-64H,2H2,1H3. The van der Waals surface area contributed by atoms with E-state index in [1.54, 1.807) is 6.92 Å². The second-order valence-corrected chi connectivity index (χ2v) is 20.5. The molecule has 0 amide bonds. The Labute approximate surface area is 377 Å². The molecule has 376 valence electrons. The SMILES string of the molecule is CCOC(=O)c1ccc(SC2C(F)C(F)C(F)C3C4NC5NC(NC6NC(NC7NC(NC(N4)C23)C2C(F)C(F)C(F)C(F)C72)C2C(F)C(F)C(F)C(F)C62)C2C(F)C(F)C(F)C(F)C52)cc1. The van der Waals surface area contributed by atoms with Gasteiger partial charge in [0.15, 0.2) is 43.2 Å². The Morgan fingerprint density at radius 1 is 0.388 bits per heavy atom. The Kier molecular flexibility index (Phi) is 13.0. The quantitative estimate of drug-likeness (QED) is 0.167. The van der Waals surface area contributed by atoms with Crippen molar-refractivity contribution in [2.75, 3.05) is 6.61 Å². The van der Waals surface area contributed by atoms with Crippen LogP contribution in [0.3, 0.4) is 0 Å². The molecule has 1 aromatic carbocycles. The van der Waals surface area contributed by atoms with Gasteiger partial charge in [-0.05, 0) is 31.2 Å². The van der Waals surface area contributed by atoms with E-state index in [0.29, 0.717) is 11.8 Å². The van der Waals surface area contributed by atoms with Gasteiger partial charge in [0.25, 0.3) is 0 Å². The predicted octanol–water partition coefficient (Wildman–Crippen LogP) is 3.77. The Morgan fingerprint density at radius 3 is 0.896 bits per heavy atom. The molecule has 10 nitrogen and oxygen atoms in total. The smallest absolute Gasteiger partial charge is 0.338 e. The van der Waals surface area contributed by atoms with Gasteiger partial charge in [0.05, 0.1) is 61.5 Å². The van der Waals surface area contributed by atoms with Gasteiger partial charge in [-0.3, -0.25) is 42.5 Å². The number of thioether (sulfide) groups is 1. The summed E-state index contributed by atoms with van der Waals surface area (Å²) in [6, 6.07) is 5.42. The summed E-state index contributed by atoms with van der Waals surface area (Å²) in [5.74, 6) is -15.3. The lowest BCUT2D eigenvalue weighted by molar-refractivity contribution is -0.0900. The molecule has 5 aliphatic heterocycles. The number of hydrogen-bond acceptors (Lipinski definition) is 11. The average molecular weight is 1000 g/mol. The summed E-state index contributed by atoms with van der Waals surface area (Å²) < 4.78 is 243. The molecule has 0 aromatic heterocycles. The van der Waals surface area contributed by atoms with Crippen LogP contribution in [0.2, 0.25) is 0 Å². The molecule has 32 unspecified atom stereocenters. The fourth-order valence-electron chi connectivity index (χ4n) is 13.0. The highest BCUT2D eigenvalue weighted by Crippen LogP contribution is 2.53. The molecule has 9 aliphatic rings. The molecular weight excluding hydrogens is 954 g/mol. The zero-order chi connectivity index (χ0) is 47.8. The summed E-state index contributed by atoms with van der Waals surface area (Å²) >= 11 is 0.703. The first kappa shape index (κ1) is 48.3. The van der Waals surface area contributed by atoms with Crippen molar-refractivity contribution in [2.45, 2.75) is 159 Å². The highest BCUT2D eigenvalue weighted by Gasteiger charge is 2.69. The zero-order valence-electron chi connectivity index (χ0n) is 34.9. The first-order valence-electron chi connectivity index (χ1n) is 22.5. The molecule has 9 fully saturated rings. The van der Waals surface area contributed by atoms with Gasteiger partial charge in [-0.2, -0.15) is 0 Å². The van der Waals surface area contributed by atoms with E-state index in [0.717, 1.165) is 0 Å². The number of benzene rings is 1. The van der Waals surface area contributed by atoms with Crippen molar-refractivity contribution in [3.05, 3.63) is 29.8 Å². The minimum atomic E-state index is -3.07. The van der Waals surface area contributed by atoms with Crippen LogP contribution in [0.5, 0.6) is 0 Å². The minimum Gasteiger partial charge on any atom is -0.462 e. The number of nitrogens with one attached hydrogen (secondary N) is 8. The molecule has 1 aromatic rings. The number of carbonyl (C=O) groups excluding carboxylic acids is 1. The summed E-state index contributed by atoms with van der Waals surface area (Å²) in [6.07, 6.45) is -56.9. The van der Waals surface area contributed by atoms with Crippen LogP contribution < -0.4 is 42.5 Å². The van der Waals surface area contributed by atoms with Crippen molar-refractivity contribution < 1.29 is 75.4 Å². The van der Waals surface area contributed by atoms with Crippen LogP contribution in [0.25, 0.3) is 0 Å². The van der Waals surface area contributed by atoms with E-state index in [1.165, 1.54) is 24.3 Å². The van der Waals surface area contributed by atoms with E-state index in [-0.39, 0.29) is 17.1 Å². The van der Waals surface area contributed by atoms with Gasteiger partial charge in [-0.25, -0.2) is 70.7 Å².